The van der Waals surface area contributed by atoms with Gasteiger partial charge in [-0.05, 0) is 61.1 Å². The summed E-state index contributed by atoms with van der Waals surface area (Å²) in [6.07, 6.45) is 2.73. The average Bonchev–Trinajstić information content (AvgIpc) is 2.68. The smallest absolute Gasteiger partial charge is 0.253 e. The van der Waals surface area contributed by atoms with E-state index in [4.69, 9.17) is 5.73 Å². The number of sulfonamides is 1. The quantitative estimate of drug-likeness (QED) is 0.782. The molecule has 3 rings (SSSR count). The summed E-state index contributed by atoms with van der Waals surface area (Å²) in [5.41, 5.74) is 8.54. The van der Waals surface area contributed by atoms with Gasteiger partial charge in [0.25, 0.3) is 5.91 Å². The second-order valence-corrected chi connectivity index (χ2v) is 9.21. The van der Waals surface area contributed by atoms with E-state index in [1.807, 2.05) is 12.1 Å². The van der Waals surface area contributed by atoms with Crippen LogP contribution in [0.4, 0.5) is 5.69 Å². The van der Waals surface area contributed by atoms with Crippen molar-refractivity contribution >= 4 is 27.5 Å². The number of nitrogens with zero attached hydrogens (tertiary/aromatic N) is 1. The molecule has 2 aromatic carbocycles. The molecule has 2 amide bonds. The molecule has 7 nitrogen and oxygen atoms in total. The fourth-order valence-corrected chi connectivity index (χ4v) is 4.20. The number of carbonyl (C=O) groups is 2. The molecule has 1 aliphatic heterocycles. The number of aryl methyl sites for hydroxylation is 1. The number of primary amides is 1. The lowest BCUT2D eigenvalue weighted by atomic mass is 9.88. The molecule has 0 spiro atoms. The highest BCUT2D eigenvalue weighted by molar-refractivity contribution is 7.92. The maximum Gasteiger partial charge on any atom is 0.253 e. The van der Waals surface area contributed by atoms with Gasteiger partial charge in [0, 0.05) is 24.2 Å². The predicted molar refractivity (Wildman–Crippen MR) is 112 cm³/mol. The van der Waals surface area contributed by atoms with Crippen molar-refractivity contribution in [3.8, 4) is 0 Å². The van der Waals surface area contributed by atoms with Gasteiger partial charge in [-0.2, -0.15) is 0 Å². The fourth-order valence-electron chi connectivity index (χ4n) is 3.58. The zero-order valence-corrected chi connectivity index (χ0v) is 17.3. The van der Waals surface area contributed by atoms with Crippen LogP contribution in [-0.2, 0) is 10.0 Å². The Morgan fingerprint density at radius 3 is 2.17 bits per heavy atom. The number of anilines is 1. The third kappa shape index (κ3) is 5.14. The molecule has 3 N–H and O–H groups in total. The minimum absolute atomic E-state index is 0.107. The van der Waals surface area contributed by atoms with Gasteiger partial charge in [-0.1, -0.05) is 18.2 Å². The molecule has 8 heteroatoms. The molecule has 0 aromatic heterocycles. The molecule has 1 fully saturated rings. The van der Waals surface area contributed by atoms with E-state index < -0.39 is 15.9 Å². The first kappa shape index (κ1) is 20.9. The van der Waals surface area contributed by atoms with Crippen molar-refractivity contribution in [2.75, 3.05) is 24.1 Å². The van der Waals surface area contributed by atoms with Gasteiger partial charge < -0.3 is 10.6 Å². The van der Waals surface area contributed by atoms with E-state index in [9.17, 15) is 18.0 Å². The van der Waals surface area contributed by atoms with E-state index in [1.54, 1.807) is 42.2 Å². The number of benzene rings is 2. The summed E-state index contributed by atoms with van der Waals surface area (Å²) in [7, 11) is -3.42. The third-order valence-electron chi connectivity index (χ3n) is 5.23. The predicted octanol–water partition coefficient (Wildman–Crippen LogP) is 2.49. The maximum atomic E-state index is 12.9. The maximum absolute atomic E-state index is 12.9. The molecule has 0 bridgehead atoms. The Labute approximate surface area is 171 Å². The third-order valence-corrected chi connectivity index (χ3v) is 5.82. The van der Waals surface area contributed by atoms with Gasteiger partial charge in [0.05, 0.1) is 11.9 Å². The Kier molecular flexibility index (Phi) is 5.93. The summed E-state index contributed by atoms with van der Waals surface area (Å²) in [4.78, 5) is 25.9. The van der Waals surface area contributed by atoms with Gasteiger partial charge >= 0.3 is 0 Å². The molecule has 2 aromatic rings. The molecule has 1 saturated heterocycles. The summed E-state index contributed by atoms with van der Waals surface area (Å²) in [5, 5.41) is 0. The van der Waals surface area contributed by atoms with E-state index in [0.29, 0.717) is 35.8 Å². The summed E-state index contributed by atoms with van der Waals surface area (Å²) >= 11 is 0. The Hall–Kier alpha value is -2.87. The number of carbonyl (C=O) groups excluding carboxylic acids is 2. The largest absolute Gasteiger partial charge is 0.366 e. The first-order chi connectivity index (χ1) is 13.6. The molecule has 29 heavy (non-hydrogen) atoms. The van der Waals surface area contributed by atoms with Crippen molar-refractivity contribution in [1.29, 1.82) is 0 Å². The number of likely N-dealkylation sites (tertiary alicyclic amines) is 1. The van der Waals surface area contributed by atoms with Crippen LogP contribution in [0.1, 0.15) is 50.6 Å². The monoisotopic (exact) mass is 415 g/mol. The molecule has 0 radical (unpaired) electrons. The molecule has 0 saturated carbocycles. The number of piperidine rings is 1. The Bertz CT molecular complexity index is 1020. The van der Waals surface area contributed by atoms with Crippen LogP contribution >= 0.6 is 0 Å². The van der Waals surface area contributed by atoms with Crippen molar-refractivity contribution < 1.29 is 18.0 Å². The van der Waals surface area contributed by atoms with Gasteiger partial charge in [0.1, 0.15) is 0 Å². The molecule has 1 aliphatic rings. The van der Waals surface area contributed by atoms with E-state index >= 15 is 0 Å². The first-order valence-electron chi connectivity index (χ1n) is 9.41. The summed E-state index contributed by atoms with van der Waals surface area (Å²) < 4.78 is 25.5. The lowest BCUT2D eigenvalue weighted by Crippen LogP contribution is -2.38. The zero-order chi connectivity index (χ0) is 21.2. The SMILES string of the molecule is Cc1ccc(C(=O)N2CCC(c3ccc(C(N)=O)cc3)CC2)cc1NS(C)(=O)=O. The standard InChI is InChI=1S/C21H25N3O4S/c1-14-3-4-18(13-19(14)23-29(2,27)28)21(26)24-11-9-16(10-12-24)15-5-7-17(8-6-15)20(22)25/h3-8,13,16,23H,9-12H2,1-2H3,(H2,22,25). The number of rotatable bonds is 5. The zero-order valence-electron chi connectivity index (χ0n) is 16.5. The van der Waals surface area contributed by atoms with Crippen LogP contribution in [0.2, 0.25) is 0 Å². The van der Waals surface area contributed by atoms with Crippen molar-refractivity contribution in [2.24, 2.45) is 5.73 Å². The van der Waals surface area contributed by atoms with Gasteiger partial charge in [-0.25, -0.2) is 8.42 Å². The first-order valence-corrected chi connectivity index (χ1v) is 11.3. The summed E-state index contributed by atoms with van der Waals surface area (Å²) in [5.74, 6) is -0.231. The Morgan fingerprint density at radius 2 is 1.62 bits per heavy atom. The minimum Gasteiger partial charge on any atom is -0.366 e. The molecule has 0 atom stereocenters. The van der Waals surface area contributed by atoms with Gasteiger partial charge in [0.15, 0.2) is 0 Å². The lowest BCUT2D eigenvalue weighted by molar-refractivity contribution is 0.0712. The van der Waals surface area contributed by atoms with Crippen molar-refractivity contribution in [3.05, 3.63) is 64.7 Å². The van der Waals surface area contributed by atoms with E-state index in [0.717, 1.165) is 30.2 Å². The van der Waals surface area contributed by atoms with Crippen LogP contribution < -0.4 is 10.5 Å². The molecular weight excluding hydrogens is 390 g/mol. The normalized spacial score (nSPS) is 15.2. The second kappa shape index (κ2) is 8.24. The summed E-state index contributed by atoms with van der Waals surface area (Å²) in [6.45, 7) is 3.02. The van der Waals surface area contributed by atoms with Gasteiger partial charge in [-0.3, -0.25) is 14.3 Å². The fraction of sp³-hybridized carbons (Fsp3) is 0.333. The Balaban J connectivity index is 1.67. The highest BCUT2D eigenvalue weighted by atomic mass is 32.2. The second-order valence-electron chi connectivity index (χ2n) is 7.46. The van der Waals surface area contributed by atoms with Crippen molar-refractivity contribution in [2.45, 2.75) is 25.7 Å². The Morgan fingerprint density at radius 1 is 1.03 bits per heavy atom. The van der Waals surface area contributed by atoms with Crippen molar-refractivity contribution in [1.82, 2.24) is 4.90 Å². The minimum atomic E-state index is -3.42. The number of nitrogens with one attached hydrogen (secondary N) is 1. The topological polar surface area (TPSA) is 110 Å². The van der Waals surface area contributed by atoms with Crippen LogP contribution in [0, 0.1) is 6.92 Å². The van der Waals surface area contributed by atoms with Crippen LogP contribution in [0.5, 0.6) is 0 Å². The van der Waals surface area contributed by atoms with Crippen LogP contribution in [-0.4, -0.2) is 44.5 Å². The molecule has 0 unspecified atom stereocenters. The molecule has 1 heterocycles. The number of amides is 2. The number of hydrogen-bond acceptors (Lipinski definition) is 4. The highest BCUT2D eigenvalue weighted by Crippen LogP contribution is 2.29. The number of hydrogen-bond donors (Lipinski definition) is 2. The van der Waals surface area contributed by atoms with Crippen LogP contribution in [0.3, 0.4) is 0 Å². The van der Waals surface area contributed by atoms with Crippen LogP contribution in [0.25, 0.3) is 0 Å². The lowest BCUT2D eigenvalue weighted by Gasteiger charge is -2.32. The van der Waals surface area contributed by atoms with Gasteiger partial charge in [-0.15, -0.1) is 0 Å². The average molecular weight is 416 g/mol. The van der Waals surface area contributed by atoms with E-state index in [1.165, 1.54) is 0 Å². The highest BCUT2D eigenvalue weighted by Gasteiger charge is 2.25. The molecular formula is C21H25N3O4S. The summed E-state index contributed by atoms with van der Waals surface area (Å²) in [6, 6.07) is 12.4. The number of nitrogens with two attached hydrogens (primary N) is 1. The van der Waals surface area contributed by atoms with E-state index in [2.05, 4.69) is 4.72 Å². The molecule has 154 valence electrons. The van der Waals surface area contributed by atoms with Crippen molar-refractivity contribution in [3.63, 3.8) is 0 Å². The van der Waals surface area contributed by atoms with Crippen LogP contribution in [0.15, 0.2) is 42.5 Å². The van der Waals surface area contributed by atoms with Gasteiger partial charge in [0.2, 0.25) is 15.9 Å². The molecule has 0 aliphatic carbocycles. The van der Waals surface area contributed by atoms with E-state index in [-0.39, 0.29) is 5.91 Å².